The number of nitrogens with zero attached hydrogens (tertiary/aromatic N) is 5. The molecule has 1 saturated heterocycles. The van der Waals surface area contributed by atoms with Gasteiger partial charge in [0.1, 0.15) is 11.7 Å². The fourth-order valence-electron chi connectivity index (χ4n) is 4.28. The van der Waals surface area contributed by atoms with Crippen LogP contribution in [0.2, 0.25) is 0 Å². The number of amides is 2. The number of anilines is 1. The highest BCUT2D eigenvalue weighted by molar-refractivity contribution is 6.16. The molecule has 32 heavy (non-hydrogen) atoms. The van der Waals surface area contributed by atoms with Crippen molar-refractivity contribution in [1.29, 1.82) is 0 Å². The lowest BCUT2D eigenvalue weighted by Gasteiger charge is -2.39. The van der Waals surface area contributed by atoms with E-state index in [0.717, 1.165) is 56.0 Å². The molecule has 8 heteroatoms. The lowest BCUT2D eigenvalue weighted by molar-refractivity contribution is -0.114. The van der Waals surface area contributed by atoms with Gasteiger partial charge in [0.2, 0.25) is 0 Å². The zero-order valence-corrected chi connectivity index (χ0v) is 18.5. The van der Waals surface area contributed by atoms with Crippen molar-refractivity contribution in [1.82, 2.24) is 15.2 Å². The summed E-state index contributed by atoms with van der Waals surface area (Å²) < 4.78 is 0. The van der Waals surface area contributed by atoms with E-state index in [1.165, 1.54) is 0 Å². The standard InChI is InChI=1S/C24H28N6O2/c1-15-11-21-22(28-23(15)31)12-17(13-25-21)16(2)29-7-9-30(10-8-29)19-5-6-20(26-14-19)24(32)27-18-3-4-18/h5-6,11-14,16,18,21H,3-4,7-10H2,1-2H3,(H,27,32)/t16-,21?/m0/s1. The smallest absolute Gasteiger partial charge is 0.272 e. The minimum Gasteiger partial charge on any atom is -0.368 e. The molecule has 1 aromatic heterocycles. The van der Waals surface area contributed by atoms with E-state index in [0.29, 0.717) is 17.3 Å². The van der Waals surface area contributed by atoms with Crippen LogP contribution in [0.1, 0.15) is 37.2 Å². The van der Waals surface area contributed by atoms with Gasteiger partial charge >= 0.3 is 0 Å². The van der Waals surface area contributed by atoms with Crippen LogP contribution in [-0.2, 0) is 4.79 Å². The third kappa shape index (κ3) is 4.27. The monoisotopic (exact) mass is 432 g/mol. The lowest BCUT2D eigenvalue weighted by Crippen LogP contribution is -2.50. The fourth-order valence-corrected chi connectivity index (χ4v) is 4.28. The maximum Gasteiger partial charge on any atom is 0.272 e. The van der Waals surface area contributed by atoms with Crippen LogP contribution in [0.25, 0.3) is 0 Å². The third-order valence-corrected chi connectivity index (χ3v) is 6.58. The summed E-state index contributed by atoms with van der Waals surface area (Å²) in [7, 11) is 0. The molecule has 1 unspecified atom stereocenters. The SMILES string of the molecule is CC1=CC2N=CC([C@H](C)N3CCN(c4ccc(C(=O)NC5CC5)nc4)CC3)=CC2=NC1=O. The van der Waals surface area contributed by atoms with Gasteiger partial charge in [0.25, 0.3) is 11.8 Å². The average molecular weight is 433 g/mol. The number of nitrogens with one attached hydrogen (secondary N) is 1. The van der Waals surface area contributed by atoms with E-state index in [9.17, 15) is 9.59 Å². The van der Waals surface area contributed by atoms with E-state index < -0.39 is 0 Å². The summed E-state index contributed by atoms with van der Waals surface area (Å²) in [6.07, 6.45) is 9.76. The van der Waals surface area contributed by atoms with Gasteiger partial charge in [0.15, 0.2) is 0 Å². The number of carbonyl (C=O) groups excluding carboxylic acids is 2. The van der Waals surface area contributed by atoms with Crippen molar-refractivity contribution < 1.29 is 9.59 Å². The molecule has 4 heterocycles. The molecular weight excluding hydrogens is 404 g/mol. The maximum absolute atomic E-state index is 12.1. The third-order valence-electron chi connectivity index (χ3n) is 6.58. The van der Waals surface area contributed by atoms with Crippen LogP contribution in [0.5, 0.6) is 0 Å². The largest absolute Gasteiger partial charge is 0.368 e. The van der Waals surface area contributed by atoms with Crippen LogP contribution >= 0.6 is 0 Å². The highest BCUT2D eigenvalue weighted by Crippen LogP contribution is 2.23. The number of rotatable bonds is 5. The first-order chi connectivity index (χ1) is 15.5. The van der Waals surface area contributed by atoms with Crippen molar-refractivity contribution in [2.24, 2.45) is 9.98 Å². The molecule has 0 aromatic carbocycles. The molecule has 8 nitrogen and oxygen atoms in total. The Labute approximate surface area is 187 Å². The zero-order chi connectivity index (χ0) is 22.2. The van der Waals surface area contributed by atoms with Crippen molar-refractivity contribution in [3.63, 3.8) is 0 Å². The Morgan fingerprint density at radius 1 is 1.19 bits per heavy atom. The molecular formula is C24H28N6O2. The Hall–Kier alpha value is -3.13. The molecule has 1 aromatic rings. The van der Waals surface area contributed by atoms with Crippen molar-refractivity contribution in [2.75, 3.05) is 31.1 Å². The Bertz CT molecular complexity index is 1040. The summed E-state index contributed by atoms with van der Waals surface area (Å²) >= 11 is 0. The zero-order valence-electron chi connectivity index (χ0n) is 18.5. The maximum atomic E-state index is 12.1. The van der Waals surface area contributed by atoms with E-state index in [4.69, 9.17) is 0 Å². The minimum atomic E-state index is -0.171. The first-order valence-electron chi connectivity index (χ1n) is 11.3. The number of aliphatic imine (C=N–C) groups is 2. The van der Waals surface area contributed by atoms with Crippen LogP contribution in [0.4, 0.5) is 5.69 Å². The van der Waals surface area contributed by atoms with Crippen molar-refractivity contribution in [3.05, 3.63) is 47.3 Å². The summed E-state index contributed by atoms with van der Waals surface area (Å²) in [4.78, 5) is 42.0. The van der Waals surface area contributed by atoms with Gasteiger partial charge in [-0.15, -0.1) is 0 Å². The number of dihydropyridines is 2. The van der Waals surface area contributed by atoms with Gasteiger partial charge in [-0.05, 0) is 56.5 Å². The van der Waals surface area contributed by atoms with E-state index in [-0.39, 0.29) is 23.9 Å². The average Bonchev–Trinajstić information content (AvgIpc) is 3.63. The van der Waals surface area contributed by atoms with E-state index in [1.54, 1.807) is 13.1 Å². The highest BCUT2D eigenvalue weighted by Gasteiger charge is 2.28. The second-order valence-corrected chi connectivity index (χ2v) is 8.91. The number of aromatic nitrogens is 1. The summed E-state index contributed by atoms with van der Waals surface area (Å²) in [5.74, 6) is -0.257. The van der Waals surface area contributed by atoms with Crippen LogP contribution < -0.4 is 10.2 Å². The Morgan fingerprint density at radius 3 is 2.66 bits per heavy atom. The number of hydrogen-bond donors (Lipinski definition) is 1. The summed E-state index contributed by atoms with van der Waals surface area (Å²) in [6.45, 7) is 7.54. The van der Waals surface area contributed by atoms with E-state index in [2.05, 4.69) is 37.0 Å². The van der Waals surface area contributed by atoms with Crippen molar-refractivity contribution >= 4 is 29.4 Å². The van der Waals surface area contributed by atoms with E-state index >= 15 is 0 Å². The molecule has 0 bridgehead atoms. The van der Waals surface area contributed by atoms with Crippen LogP contribution in [0.15, 0.2) is 51.6 Å². The molecule has 1 aliphatic carbocycles. The molecule has 0 radical (unpaired) electrons. The number of fused-ring (bicyclic) bond motifs is 1. The van der Waals surface area contributed by atoms with Gasteiger partial charge in [-0.1, -0.05) is 0 Å². The van der Waals surface area contributed by atoms with Crippen LogP contribution in [0, 0.1) is 0 Å². The van der Waals surface area contributed by atoms with E-state index in [1.807, 2.05) is 30.5 Å². The molecule has 4 aliphatic rings. The summed E-state index contributed by atoms with van der Waals surface area (Å²) in [6, 6.07) is 4.18. The first-order valence-corrected chi connectivity index (χ1v) is 11.3. The molecule has 3 aliphatic heterocycles. The lowest BCUT2D eigenvalue weighted by atomic mass is 9.96. The molecule has 2 atom stereocenters. The number of carbonyl (C=O) groups is 2. The van der Waals surface area contributed by atoms with Gasteiger partial charge in [0, 0.05) is 50.1 Å². The number of pyridine rings is 1. The Balaban J connectivity index is 1.18. The van der Waals surface area contributed by atoms with Crippen molar-refractivity contribution in [2.45, 2.75) is 44.8 Å². The first kappa shape index (κ1) is 20.8. The predicted molar refractivity (Wildman–Crippen MR) is 125 cm³/mol. The normalized spacial score (nSPS) is 24.3. The molecule has 0 spiro atoms. The highest BCUT2D eigenvalue weighted by atomic mass is 16.2. The minimum absolute atomic E-state index is 0.0859. The van der Waals surface area contributed by atoms with Gasteiger partial charge in [-0.3, -0.25) is 19.5 Å². The van der Waals surface area contributed by atoms with Crippen LogP contribution in [-0.4, -0.2) is 77.9 Å². The topological polar surface area (TPSA) is 90.3 Å². The number of piperazine rings is 1. The molecule has 2 fully saturated rings. The van der Waals surface area contributed by atoms with Crippen molar-refractivity contribution in [3.8, 4) is 0 Å². The number of hydrogen-bond acceptors (Lipinski definition) is 6. The summed E-state index contributed by atoms with van der Waals surface area (Å²) in [5, 5.41) is 2.97. The molecule has 5 rings (SSSR count). The second-order valence-electron chi connectivity index (χ2n) is 8.91. The summed E-state index contributed by atoms with van der Waals surface area (Å²) in [5.41, 5.74) is 3.99. The Morgan fingerprint density at radius 2 is 1.97 bits per heavy atom. The van der Waals surface area contributed by atoms with Gasteiger partial charge in [0.05, 0.1) is 17.6 Å². The molecule has 166 valence electrons. The predicted octanol–water partition coefficient (Wildman–Crippen LogP) is 1.79. The fraction of sp³-hybridized carbons (Fsp3) is 0.458. The molecule has 1 saturated carbocycles. The van der Waals surface area contributed by atoms with Crippen LogP contribution in [0.3, 0.4) is 0 Å². The van der Waals surface area contributed by atoms with Gasteiger partial charge < -0.3 is 10.2 Å². The van der Waals surface area contributed by atoms with Gasteiger partial charge in [-0.25, -0.2) is 9.98 Å². The van der Waals surface area contributed by atoms with Gasteiger partial charge in [-0.2, -0.15) is 0 Å². The second kappa shape index (κ2) is 8.43. The Kier molecular flexibility index (Phi) is 5.46. The molecule has 1 N–H and O–H groups in total. The molecule has 2 amide bonds. The quantitative estimate of drug-likeness (QED) is 0.766.